The standard InChI is InChI=1S/C13H16Cl2N2O/c1-2-13(4-3-5-13)8-17-12(18)9-6-11(15)16-7-10(9)14/h6-7H,2-5,8H2,1H3,(H,17,18). The Morgan fingerprint density at radius 1 is 1.50 bits per heavy atom. The first kappa shape index (κ1) is 13.6. The number of hydrogen-bond acceptors (Lipinski definition) is 2. The minimum atomic E-state index is -0.177. The molecule has 1 saturated carbocycles. The number of nitrogens with zero attached hydrogens (tertiary/aromatic N) is 1. The molecule has 1 aromatic heterocycles. The molecular weight excluding hydrogens is 271 g/mol. The number of pyridine rings is 1. The lowest BCUT2D eigenvalue weighted by molar-refractivity contribution is 0.0850. The summed E-state index contributed by atoms with van der Waals surface area (Å²) in [4.78, 5) is 15.9. The Balaban J connectivity index is 2.01. The van der Waals surface area contributed by atoms with Crippen LogP contribution in [0.4, 0.5) is 0 Å². The van der Waals surface area contributed by atoms with Gasteiger partial charge in [-0.25, -0.2) is 4.98 Å². The molecule has 1 N–H and O–H groups in total. The van der Waals surface area contributed by atoms with Gasteiger partial charge in [0.05, 0.1) is 10.6 Å². The molecule has 0 aromatic carbocycles. The van der Waals surface area contributed by atoms with Gasteiger partial charge in [0.25, 0.3) is 5.91 Å². The van der Waals surface area contributed by atoms with E-state index in [-0.39, 0.29) is 11.1 Å². The van der Waals surface area contributed by atoms with Gasteiger partial charge in [0, 0.05) is 12.7 Å². The molecule has 0 unspecified atom stereocenters. The molecule has 1 amide bonds. The van der Waals surface area contributed by atoms with Gasteiger partial charge in [-0.05, 0) is 30.7 Å². The van der Waals surface area contributed by atoms with Gasteiger partial charge < -0.3 is 5.32 Å². The van der Waals surface area contributed by atoms with E-state index < -0.39 is 0 Å². The largest absolute Gasteiger partial charge is 0.351 e. The van der Waals surface area contributed by atoms with Crippen LogP contribution in [0, 0.1) is 5.41 Å². The zero-order valence-corrected chi connectivity index (χ0v) is 11.8. The van der Waals surface area contributed by atoms with Crippen molar-refractivity contribution in [2.75, 3.05) is 6.54 Å². The number of halogens is 2. The van der Waals surface area contributed by atoms with Gasteiger partial charge in [-0.1, -0.05) is 36.5 Å². The van der Waals surface area contributed by atoms with E-state index in [1.807, 2.05) is 0 Å². The highest BCUT2D eigenvalue weighted by molar-refractivity contribution is 6.35. The fourth-order valence-corrected chi connectivity index (χ4v) is 2.63. The topological polar surface area (TPSA) is 42.0 Å². The van der Waals surface area contributed by atoms with Crippen molar-refractivity contribution in [3.8, 4) is 0 Å². The molecule has 18 heavy (non-hydrogen) atoms. The molecule has 0 radical (unpaired) electrons. The summed E-state index contributed by atoms with van der Waals surface area (Å²) in [7, 11) is 0. The van der Waals surface area contributed by atoms with Gasteiger partial charge in [-0.3, -0.25) is 4.79 Å². The van der Waals surface area contributed by atoms with Gasteiger partial charge in [0.2, 0.25) is 0 Å². The Hall–Kier alpha value is -0.800. The summed E-state index contributed by atoms with van der Waals surface area (Å²) < 4.78 is 0. The average molecular weight is 287 g/mol. The van der Waals surface area contributed by atoms with Crippen molar-refractivity contribution in [3.63, 3.8) is 0 Å². The van der Waals surface area contributed by atoms with Crippen LogP contribution < -0.4 is 5.32 Å². The molecule has 98 valence electrons. The maximum absolute atomic E-state index is 12.0. The van der Waals surface area contributed by atoms with Gasteiger partial charge in [-0.2, -0.15) is 0 Å². The zero-order chi connectivity index (χ0) is 13.2. The number of nitrogens with one attached hydrogen (secondary N) is 1. The maximum Gasteiger partial charge on any atom is 0.252 e. The Kier molecular flexibility index (Phi) is 4.13. The predicted octanol–water partition coefficient (Wildman–Crippen LogP) is 3.70. The van der Waals surface area contributed by atoms with Crippen LogP contribution in [0.5, 0.6) is 0 Å². The zero-order valence-electron chi connectivity index (χ0n) is 10.3. The van der Waals surface area contributed by atoms with E-state index in [4.69, 9.17) is 23.2 Å². The molecule has 1 aliphatic carbocycles. The molecular formula is C13H16Cl2N2O. The highest BCUT2D eigenvalue weighted by Crippen LogP contribution is 2.43. The van der Waals surface area contributed by atoms with Crippen molar-refractivity contribution < 1.29 is 4.79 Å². The second kappa shape index (κ2) is 5.45. The van der Waals surface area contributed by atoms with Crippen molar-refractivity contribution in [2.24, 2.45) is 5.41 Å². The normalized spacial score (nSPS) is 17.1. The predicted molar refractivity (Wildman–Crippen MR) is 73.2 cm³/mol. The van der Waals surface area contributed by atoms with Crippen molar-refractivity contribution in [1.29, 1.82) is 0 Å². The quantitative estimate of drug-likeness (QED) is 0.858. The van der Waals surface area contributed by atoms with Gasteiger partial charge in [0.15, 0.2) is 0 Å². The molecule has 1 heterocycles. The Bertz CT molecular complexity index is 453. The minimum absolute atomic E-state index is 0.177. The first-order chi connectivity index (χ1) is 8.56. The number of carbonyl (C=O) groups is 1. The molecule has 0 saturated heterocycles. The molecule has 0 aliphatic heterocycles. The van der Waals surface area contributed by atoms with Crippen LogP contribution in [0.15, 0.2) is 12.3 Å². The summed E-state index contributed by atoms with van der Waals surface area (Å²) in [5.41, 5.74) is 0.682. The van der Waals surface area contributed by atoms with E-state index in [0.717, 1.165) is 6.42 Å². The van der Waals surface area contributed by atoms with Gasteiger partial charge in [-0.15, -0.1) is 0 Å². The monoisotopic (exact) mass is 286 g/mol. The van der Waals surface area contributed by atoms with Crippen LogP contribution in [0.25, 0.3) is 0 Å². The molecule has 0 bridgehead atoms. The number of hydrogen-bond donors (Lipinski definition) is 1. The second-order valence-corrected chi connectivity index (χ2v) is 5.67. The molecule has 5 heteroatoms. The summed E-state index contributed by atoms with van der Waals surface area (Å²) in [5, 5.41) is 3.56. The molecule has 3 nitrogen and oxygen atoms in total. The van der Waals surface area contributed by atoms with E-state index in [2.05, 4.69) is 17.2 Å². The number of rotatable bonds is 4. The Morgan fingerprint density at radius 3 is 2.78 bits per heavy atom. The molecule has 2 rings (SSSR count). The first-order valence-corrected chi connectivity index (χ1v) is 6.91. The number of aromatic nitrogens is 1. The number of amides is 1. The van der Waals surface area contributed by atoms with Crippen molar-refractivity contribution in [1.82, 2.24) is 10.3 Å². The number of carbonyl (C=O) groups excluding carboxylic acids is 1. The second-order valence-electron chi connectivity index (χ2n) is 4.88. The first-order valence-electron chi connectivity index (χ1n) is 6.15. The summed E-state index contributed by atoms with van der Waals surface area (Å²) >= 11 is 11.7. The molecule has 1 aliphatic rings. The average Bonchev–Trinajstić information content (AvgIpc) is 2.31. The van der Waals surface area contributed by atoms with Gasteiger partial charge in [0.1, 0.15) is 5.15 Å². The smallest absolute Gasteiger partial charge is 0.252 e. The van der Waals surface area contributed by atoms with Crippen LogP contribution in [-0.2, 0) is 0 Å². The van der Waals surface area contributed by atoms with Crippen LogP contribution in [0.2, 0.25) is 10.2 Å². The molecule has 0 atom stereocenters. The summed E-state index contributed by atoms with van der Waals surface area (Å²) in [5.74, 6) is -0.177. The highest BCUT2D eigenvalue weighted by Gasteiger charge is 2.35. The van der Waals surface area contributed by atoms with Crippen molar-refractivity contribution in [3.05, 3.63) is 28.0 Å². The fraction of sp³-hybridized carbons (Fsp3) is 0.538. The fourth-order valence-electron chi connectivity index (χ4n) is 2.28. The molecule has 0 spiro atoms. The van der Waals surface area contributed by atoms with E-state index in [1.165, 1.54) is 31.5 Å². The van der Waals surface area contributed by atoms with Crippen LogP contribution in [0.3, 0.4) is 0 Å². The third-order valence-electron chi connectivity index (χ3n) is 3.85. The molecule has 1 aromatic rings. The minimum Gasteiger partial charge on any atom is -0.351 e. The lowest BCUT2D eigenvalue weighted by Gasteiger charge is -2.41. The maximum atomic E-state index is 12.0. The SMILES string of the molecule is CCC1(CNC(=O)c2cc(Cl)ncc2Cl)CCC1. The van der Waals surface area contributed by atoms with Gasteiger partial charge >= 0.3 is 0 Å². The van der Waals surface area contributed by atoms with E-state index >= 15 is 0 Å². The van der Waals surface area contributed by atoms with Crippen molar-refractivity contribution >= 4 is 29.1 Å². The third-order valence-corrected chi connectivity index (χ3v) is 4.36. The Labute approximate surface area is 117 Å². The lowest BCUT2D eigenvalue weighted by atomic mass is 9.67. The third kappa shape index (κ3) is 2.78. The van der Waals surface area contributed by atoms with E-state index in [0.29, 0.717) is 22.5 Å². The molecule has 1 fully saturated rings. The van der Waals surface area contributed by atoms with Crippen LogP contribution in [0.1, 0.15) is 43.0 Å². The summed E-state index contributed by atoms with van der Waals surface area (Å²) in [6.07, 6.45) is 6.13. The van der Waals surface area contributed by atoms with Crippen LogP contribution >= 0.6 is 23.2 Å². The lowest BCUT2D eigenvalue weighted by Crippen LogP contribution is -2.41. The van der Waals surface area contributed by atoms with E-state index in [1.54, 1.807) is 0 Å². The van der Waals surface area contributed by atoms with E-state index in [9.17, 15) is 4.79 Å². The summed E-state index contributed by atoms with van der Waals surface area (Å²) in [6, 6.07) is 1.50. The van der Waals surface area contributed by atoms with Crippen LogP contribution in [-0.4, -0.2) is 17.4 Å². The highest BCUT2D eigenvalue weighted by atomic mass is 35.5. The Morgan fingerprint density at radius 2 is 2.22 bits per heavy atom. The summed E-state index contributed by atoms with van der Waals surface area (Å²) in [6.45, 7) is 2.88. The van der Waals surface area contributed by atoms with Crippen molar-refractivity contribution in [2.45, 2.75) is 32.6 Å².